The summed E-state index contributed by atoms with van der Waals surface area (Å²) >= 11 is 7.63. The van der Waals surface area contributed by atoms with Gasteiger partial charge in [-0.1, -0.05) is 25.4 Å². The van der Waals surface area contributed by atoms with Crippen LogP contribution in [0.5, 0.6) is 0 Å². The summed E-state index contributed by atoms with van der Waals surface area (Å²) in [6.07, 6.45) is 1.15. The van der Waals surface area contributed by atoms with Crippen molar-refractivity contribution in [2.45, 2.75) is 39.3 Å². The van der Waals surface area contributed by atoms with E-state index in [0.29, 0.717) is 6.04 Å². The molecule has 16 heavy (non-hydrogen) atoms. The third kappa shape index (κ3) is 3.45. The van der Waals surface area contributed by atoms with Crippen molar-refractivity contribution in [3.05, 3.63) is 21.3 Å². The fraction of sp³-hybridized carbons (Fsp3) is 0.667. The monoisotopic (exact) mass is 260 g/mol. The number of likely N-dealkylation sites (N-methyl/N-ethyl adjacent to an activating group) is 1. The van der Waals surface area contributed by atoms with Crippen molar-refractivity contribution in [3.63, 3.8) is 0 Å². The van der Waals surface area contributed by atoms with Crippen molar-refractivity contribution in [2.24, 2.45) is 5.73 Å². The fourth-order valence-electron chi connectivity index (χ4n) is 2.04. The van der Waals surface area contributed by atoms with E-state index in [2.05, 4.69) is 31.7 Å². The number of nitrogens with two attached hydrogens (primary N) is 1. The molecule has 1 aromatic rings. The molecule has 0 bridgehead atoms. The van der Waals surface area contributed by atoms with Crippen LogP contribution in [0.1, 0.15) is 38.1 Å². The Morgan fingerprint density at radius 3 is 2.50 bits per heavy atom. The van der Waals surface area contributed by atoms with E-state index in [0.717, 1.165) is 23.8 Å². The fourth-order valence-corrected chi connectivity index (χ4v) is 3.35. The van der Waals surface area contributed by atoms with Gasteiger partial charge in [0.15, 0.2) is 0 Å². The van der Waals surface area contributed by atoms with Crippen LogP contribution >= 0.6 is 22.9 Å². The summed E-state index contributed by atoms with van der Waals surface area (Å²) in [5.41, 5.74) is 6.11. The predicted octanol–water partition coefficient (Wildman–Crippen LogP) is 3.52. The highest BCUT2D eigenvalue weighted by molar-refractivity contribution is 7.16. The average Bonchev–Trinajstić information content (AvgIpc) is 2.63. The Bertz CT molecular complexity index is 312. The first-order chi connectivity index (χ1) is 7.60. The Morgan fingerprint density at radius 1 is 1.44 bits per heavy atom. The topological polar surface area (TPSA) is 29.3 Å². The number of hydrogen-bond acceptors (Lipinski definition) is 3. The second-order valence-corrected chi connectivity index (χ2v) is 5.82. The smallest absolute Gasteiger partial charge is 0.0931 e. The average molecular weight is 261 g/mol. The van der Waals surface area contributed by atoms with Gasteiger partial charge in [0.1, 0.15) is 0 Å². The minimum Gasteiger partial charge on any atom is -0.326 e. The van der Waals surface area contributed by atoms with Crippen LogP contribution in [0.25, 0.3) is 0 Å². The number of nitrogens with zero attached hydrogens (tertiary/aromatic N) is 1. The van der Waals surface area contributed by atoms with Gasteiger partial charge in [-0.3, -0.25) is 4.90 Å². The highest BCUT2D eigenvalue weighted by Gasteiger charge is 2.23. The molecule has 1 rings (SSSR count). The van der Waals surface area contributed by atoms with Crippen molar-refractivity contribution in [1.82, 2.24) is 4.90 Å². The van der Waals surface area contributed by atoms with Gasteiger partial charge in [0.2, 0.25) is 0 Å². The molecule has 0 radical (unpaired) electrons. The van der Waals surface area contributed by atoms with Gasteiger partial charge in [-0.2, -0.15) is 0 Å². The lowest BCUT2D eigenvalue weighted by molar-refractivity contribution is 0.189. The zero-order chi connectivity index (χ0) is 12.1. The molecule has 0 saturated carbocycles. The van der Waals surface area contributed by atoms with Crippen LogP contribution in [-0.4, -0.2) is 24.0 Å². The van der Waals surface area contributed by atoms with E-state index in [1.165, 1.54) is 4.88 Å². The van der Waals surface area contributed by atoms with Gasteiger partial charge in [0.05, 0.1) is 10.4 Å². The first-order valence-corrected chi connectivity index (χ1v) is 7.04. The Morgan fingerprint density at radius 2 is 2.12 bits per heavy atom. The molecule has 2 unspecified atom stereocenters. The Hall–Kier alpha value is -0.0900. The molecule has 92 valence electrons. The number of thiophene rings is 1. The van der Waals surface area contributed by atoms with Crippen molar-refractivity contribution >= 4 is 22.9 Å². The van der Waals surface area contributed by atoms with Crippen molar-refractivity contribution < 1.29 is 0 Å². The highest BCUT2D eigenvalue weighted by atomic mass is 35.5. The second kappa shape index (κ2) is 6.60. The molecule has 2 atom stereocenters. The van der Waals surface area contributed by atoms with Gasteiger partial charge >= 0.3 is 0 Å². The predicted molar refractivity (Wildman–Crippen MR) is 73.3 cm³/mol. The summed E-state index contributed by atoms with van der Waals surface area (Å²) in [4.78, 5) is 3.70. The van der Waals surface area contributed by atoms with Gasteiger partial charge in [-0.15, -0.1) is 11.3 Å². The maximum Gasteiger partial charge on any atom is 0.0931 e. The van der Waals surface area contributed by atoms with E-state index in [4.69, 9.17) is 17.3 Å². The molecule has 2 nitrogen and oxygen atoms in total. The molecule has 0 aromatic carbocycles. The van der Waals surface area contributed by atoms with E-state index in [1.54, 1.807) is 11.3 Å². The molecular formula is C12H21ClN2S. The lowest BCUT2D eigenvalue weighted by Gasteiger charge is -2.32. The van der Waals surface area contributed by atoms with E-state index >= 15 is 0 Å². The second-order valence-electron chi connectivity index (χ2n) is 4.07. The summed E-state index contributed by atoms with van der Waals surface area (Å²) in [5, 5.41) is 0. The lowest BCUT2D eigenvalue weighted by Crippen LogP contribution is -2.39. The first-order valence-electron chi connectivity index (χ1n) is 5.85. The molecule has 0 amide bonds. The molecule has 0 fully saturated rings. The molecule has 0 aliphatic rings. The standard InChI is InChI=1S/C12H21ClN2S/c1-4-8-15(5-2)12(9(3)14)10-6-7-11(13)16-10/h6-7,9,12H,4-5,8,14H2,1-3H3. The summed E-state index contributed by atoms with van der Waals surface area (Å²) in [6, 6.07) is 4.47. The Kier molecular flexibility index (Phi) is 5.76. The lowest BCUT2D eigenvalue weighted by atomic mass is 10.1. The number of rotatable bonds is 6. The molecule has 1 aromatic heterocycles. The minimum atomic E-state index is 0.126. The van der Waals surface area contributed by atoms with Crippen molar-refractivity contribution in [2.75, 3.05) is 13.1 Å². The van der Waals surface area contributed by atoms with E-state index in [1.807, 2.05) is 6.07 Å². The summed E-state index contributed by atoms with van der Waals surface area (Å²) in [6.45, 7) is 8.55. The molecular weight excluding hydrogens is 240 g/mol. The molecule has 0 aliphatic heterocycles. The third-order valence-corrected chi connectivity index (χ3v) is 4.00. The Balaban J connectivity index is 2.89. The highest BCUT2D eigenvalue weighted by Crippen LogP contribution is 2.32. The minimum absolute atomic E-state index is 0.126. The molecule has 2 N–H and O–H groups in total. The molecule has 0 spiro atoms. The maximum absolute atomic E-state index is 6.11. The molecule has 0 aliphatic carbocycles. The SMILES string of the molecule is CCCN(CC)C(c1ccc(Cl)s1)C(C)N. The van der Waals surface area contributed by atoms with Gasteiger partial charge in [-0.25, -0.2) is 0 Å². The summed E-state index contributed by atoms with van der Waals surface area (Å²) in [5.74, 6) is 0. The van der Waals surface area contributed by atoms with Gasteiger partial charge < -0.3 is 5.73 Å². The van der Waals surface area contributed by atoms with Gasteiger partial charge in [0, 0.05) is 10.9 Å². The summed E-state index contributed by atoms with van der Waals surface area (Å²) in [7, 11) is 0. The van der Waals surface area contributed by atoms with Crippen molar-refractivity contribution in [3.8, 4) is 0 Å². The van der Waals surface area contributed by atoms with Crippen LogP contribution in [-0.2, 0) is 0 Å². The quantitative estimate of drug-likeness (QED) is 0.848. The first kappa shape index (κ1) is 14.0. The summed E-state index contributed by atoms with van der Waals surface area (Å²) < 4.78 is 0.841. The molecule has 0 saturated heterocycles. The van der Waals surface area contributed by atoms with E-state index < -0.39 is 0 Å². The molecule has 4 heteroatoms. The zero-order valence-electron chi connectivity index (χ0n) is 10.2. The Labute approximate surface area is 107 Å². The number of halogens is 1. The van der Waals surface area contributed by atoms with E-state index in [-0.39, 0.29) is 6.04 Å². The molecule has 1 heterocycles. The van der Waals surface area contributed by atoms with Gasteiger partial charge in [-0.05, 0) is 38.6 Å². The van der Waals surface area contributed by atoms with Crippen LogP contribution in [0.2, 0.25) is 4.34 Å². The van der Waals surface area contributed by atoms with Crippen LogP contribution < -0.4 is 5.73 Å². The zero-order valence-corrected chi connectivity index (χ0v) is 11.8. The normalized spacial score (nSPS) is 15.4. The third-order valence-electron chi connectivity index (χ3n) is 2.69. The van der Waals surface area contributed by atoms with Crippen LogP contribution in [0.4, 0.5) is 0 Å². The van der Waals surface area contributed by atoms with E-state index in [9.17, 15) is 0 Å². The largest absolute Gasteiger partial charge is 0.326 e. The van der Waals surface area contributed by atoms with Crippen molar-refractivity contribution in [1.29, 1.82) is 0 Å². The number of hydrogen-bond donors (Lipinski definition) is 1. The van der Waals surface area contributed by atoms with Crippen LogP contribution in [0, 0.1) is 0 Å². The van der Waals surface area contributed by atoms with Crippen LogP contribution in [0.3, 0.4) is 0 Å². The van der Waals surface area contributed by atoms with Gasteiger partial charge in [0.25, 0.3) is 0 Å². The maximum atomic E-state index is 6.11. The van der Waals surface area contributed by atoms with Crippen LogP contribution in [0.15, 0.2) is 12.1 Å².